The van der Waals surface area contributed by atoms with Crippen LogP contribution in [0.5, 0.6) is 0 Å². The van der Waals surface area contributed by atoms with Gasteiger partial charge in [0.15, 0.2) is 0 Å². The number of azo groups is 1. The van der Waals surface area contributed by atoms with E-state index >= 15 is 0 Å². The van der Waals surface area contributed by atoms with E-state index in [1.54, 1.807) is 0 Å². The Bertz CT molecular complexity index is 1360. The van der Waals surface area contributed by atoms with Crippen LogP contribution >= 0.6 is 0 Å². The lowest BCUT2D eigenvalue weighted by molar-refractivity contribution is 0.824. The van der Waals surface area contributed by atoms with Gasteiger partial charge >= 0.3 is 0 Å². The summed E-state index contributed by atoms with van der Waals surface area (Å²) < 4.78 is 0. The van der Waals surface area contributed by atoms with Crippen molar-refractivity contribution in [2.75, 3.05) is 18.0 Å². The van der Waals surface area contributed by atoms with Crippen molar-refractivity contribution in [1.82, 2.24) is 0 Å². The lowest BCUT2D eigenvalue weighted by Crippen LogP contribution is -2.21. The van der Waals surface area contributed by atoms with Gasteiger partial charge in [0.05, 0.1) is 23.1 Å². The average Bonchev–Trinajstić information content (AvgIpc) is 2.96. The zero-order valence-electron chi connectivity index (χ0n) is 23.6. The molecule has 0 N–H and O–H groups in total. The molecule has 0 amide bonds. The third-order valence-electron chi connectivity index (χ3n) is 6.89. The van der Waals surface area contributed by atoms with Crippen molar-refractivity contribution in [3.8, 4) is 0 Å². The fraction of sp³-hybridized carbons (Fsp3) is 0.294. The summed E-state index contributed by atoms with van der Waals surface area (Å²) in [5, 5.41) is 8.88. The van der Waals surface area contributed by atoms with Crippen LogP contribution in [0.25, 0.3) is 0 Å². The highest BCUT2D eigenvalue weighted by Gasteiger charge is 2.04. The van der Waals surface area contributed by atoms with E-state index in [0.29, 0.717) is 0 Å². The maximum atomic E-state index is 4.66. The Morgan fingerprint density at radius 2 is 1.62 bits per heavy atom. The SMILES string of the molecule is CCN(CC)c1ccc(CCC=Nc2ccc(N=Nc3ccc(C=NC4C=CC(C)=CC4)cc3)c(C)c2)cc1. The Balaban J connectivity index is 1.27. The molecule has 0 fully saturated rings. The zero-order valence-corrected chi connectivity index (χ0v) is 23.6. The first-order valence-corrected chi connectivity index (χ1v) is 13.9. The highest BCUT2D eigenvalue weighted by Crippen LogP contribution is 2.26. The normalized spacial score (nSPS) is 15.5. The van der Waals surface area contributed by atoms with E-state index in [0.717, 1.165) is 60.5 Å². The van der Waals surface area contributed by atoms with E-state index < -0.39 is 0 Å². The molecule has 0 aromatic heterocycles. The minimum absolute atomic E-state index is 0.221. The predicted molar refractivity (Wildman–Crippen MR) is 167 cm³/mol. The first-order chi connectivity index (χ1) is 19.0. The lowest BCUT2D eigenvalue weighted by Gasteiger charge is -2.21. The molecule has 5 nitrogen and oxygen atoms in total. The molecule has 200 valence electrons. The van der Waals surface area contributed by atoms with Gasteiger partial charge in [-0.3, -0.25) is 9.98 Å². The van der Waals surface area contributed by atoms with Gasteiger partial charge in [0.2, 0.25) is 0 Å². The number of aryl methyl sites for hydroxylation is 2. The molecule has 0 saturated heterocycles. The Labute approximate surface area is 233 Å². The summed E-state index contributed by atoms with van der Waals surface area (Å²) in [6.45, 7) is 10.6. The van der Waals surface area contributed by atoms with Crippen LogP contribution in [-0.4, -0.2) is 31.6 Å². The van der Waals surface area contributed by atoms with Crippen molar-refractivity contribution in [2.24, 2.45) is 20.2 Å². The van der Waals surface area contributed by atoms with E-state index in [1.807, 2.05) is 55.8 Å². The Morgan fingerprint density at radius 1 is 0.872 bits per heavy atom. The first kappa shape index (κ1) is 27.9. The van der Waals surface area contributed by atoms with Crippen molar-refractivity contribution < 1.29 is 0 Å². The summed E-state index contributed by atoms with van der Waals surface area (Å²) >= 11 is 0. The average molecular weight is 518 g/mol. The van der Waals surface area contributed by atoms with Crippen LogP contribution < -0.4 is 4.90 Å². The minimum Gasteiger partial charge on any atom is -0.372 e. The van der Waals surface area contributed by atoms with E-state index in [2.05, 4.69) is 94.4 Å². The number of hydrogen-bond acceptors (Lipinski definition) is 5. The fourth-order valence-electron chi connectivity index (χ4n) is 4.44. The van der Waals surface area contributed by atoms with E-state index in [9.17, 15) is 0 Å². The summed E-state index contributed by atoms with van der Waals surface area (Å²) in [5.41, 5.74) is 8.63. The standard InChI is InChI=1S/C34H39N5/c1-5-39(6-2)33-20-13-28(14-21-33)8-7-23-35-32-19-22-34(27(4)24-32)38-37-31-17-11-29(12-18-31)25-36-30-15-9-26(3)10-16-30/h9-15,17-25,30H,5-8,16H2,1-4H3. The van der Waals surface area contributed by atoms with Crippen molar-refractivity contribution in [3.05, 3.63) is 107 Å². The maximum Gasteiger partial charge on any atom is 0.0887 e. The molecule has 1 aliphatic carbocycles. The molecule has 3 aromatic rings. The largest absolute Gasteiger partial charge is 0.372 e. The third-order valence-corrected chi connectivity index (χ3v) is 6.89. The molecule has 5 heteroatoms. The van der Waals surface area contributed by atoms with Gasteiger partial charge in [0.25, 0.3) is 0 Å². The summed E-state index contributed by atoms with van der Waals surface area (Å²) in [6.07, 6.45) is 13.3. The number of allylic oxidation sites excluding steroid dienone is 2. The summed E-state index contributed by atoms with van der Waals surface area (Å²) in [5.74, 6) is 0. The van der Waals surface area contributed by atoms with Crippen molar-refractivity contribution >= 4 is 35.2 Å². The van der Waals surface area contributed by atoms with Crippen LogP contribution in [0.1, 0.15) is 50.3 Å². The summed E-state index contributed by atoms with van der Waals surface area (Å²) in [4.78, 5) is 11.7. The maximum absolute atomic E-state index is 4.66. The molecule has 0 saturated carbocycles. The van der Waals surface area contributed by atoms with E-state index in [4.69, 9.17) is 0 Å². The topological polar surface area (TPSA) is 52.7 Å². The lowest BCUT2D eigenvalue weighted by atomic mass is 10.0. The molecule has 0 bridgehead atoms. The van der Waals surface area contributed by atoms with Crippen LogP contribution in [0, 0.1) is 6.92 Å². The quantitative estimate of drug-likeness (QED) is 0.185. The van der Waals surface area contributed by atoms with Gasteiger partial charge < -0.3 is 4.90 Å². The van der Waals surface area contributed by atoms with Crippen molar-refractivity contribution in [3.63, 3.8) is 0 Å². The van der Waals surface area contributed by atoms with Gasteiger partial charge in [-0.2, -0.15) is 10.2 Å². The molecule has 1 unspecified atom stereocenters. The molecule has 39 heavy (non-hydrogen) atoms. The van der Waals surface area contributed by atoms with Crippen LogP contribution in [-0.2, 0) is 6.42 Å². The second-order valence-electron chi connectivity index (χ2n) is 9.84. The van der Waals surface area contributed by atoms with Gasteiger partial charge in [-0.05, 0) is 106 Å². The van der Waals surface area contributed by atoms with Crippen LogP contribution in [0.4, 0.5) is 22.7 Å². The molecule has 0 heterocycles. The van der Waals surface area contributed by atoms with Crippen LogP contribution in [0.3, 0.4) is 0 Å². The zero-order chi connectivity index (χ0) is 27.5. The molecule has 1 atom stereocenters. The number of nitrogens with zero attached hydrogens (tertiary/aromatic N) is 5. The molecule has 0 spiro atoms. The molecule has 1 aliphatic rings. The van der Waals surface area contributed by atoms with Crippen LogP contribution in [0.15, 0.2) is 111 Å². The molecule has 0 aliphatic heterocycles. The Kier molecular flexibility index (Phi) is 10.1. The highest BCUT2D eigenvalue weighted by atomic mass is 15.1. The van der Waals surface area contributed by atoms with E-state index in [1.165, 1.54) is 16.8 Å². The monoisotopic (exact) mass is 517 g/mol. The number of hydrogen-bond donors (Lipinski definition) is 0. The van der Waals surface area contributed by atoms with Gasteiger partial charge in [0.1, 0.15) is 0 Å². The Morgan fingerprint density at radius 3 is 2.28 bits per heavy atom. The van der Waals surface area contributed by atoms with Gasteiger partial charge in [0, 0.05) is 31.2 Å². The number of rotatable bonds is 11. The Hall–Kier alpha value is -4.12. The minimum atomic E-state index is 0.221. The predicted octanol–water partition coefficient (Wildman–Crippen LogP) is 9.29. The van der Waals surface area contributed by atoms with E-state index in [-0.39, 0.29) is 6.04 Å². The molecule has 0 radical (unpaired) electrons. The summed E-state index contributed by atoms with van der Waals surface area (Å²) in [6, 6.07) is 23.1. The summed E-state index contributed by atoms with van der Waals surface area (Å²) in [7, 11) is 0. The molecule has 3 aromatic carbocycles. The number of anilines is 1. The van der Waals surface area contributed by atoms with Crippen molar-refractivity contribution in [1.29, 1.82) is 0 Å². The third kappa shape index (κ3) is 8.44. The fourth-order valence-corrected chi connectivity index (χ4v) is 4.44. The second-order valence-corrected chi connectivity index (χ2v) is 9.84. The van der Waals surface area contributed by atoms with Gasteiger partial charge in [-0.15, -0.1) is 0 Å². The first-order valence-electron chi connectivity index (χ1n) is 13.9. The number of benzene rings is 3. The van der Waals surface area contributed by atoms with Crippen LogP contribution in [0.2, 0.25) is 0 Å². The molecular weight excluding hydrogens is 478 g/mol. The van der Waals surface area contributed by atoms with Crippen molar-refractivity contribution in [2.45, 2.75) is 53.0 Å². The van der Waals surface area contributed by atoms with Gasteiger partial charge in [-0.25, -0.2) is 0 Å². The molecule has 4 rings (SSSR count). The number of aliphatic imine (C=N–C) groups is 2. The molecular formula is C34H39N5. The van der Waals surface area contributed by atoms with Gasteiger partial charge in [-0.1, -0.05) is 48.1 Å². The smallest absolute Gasteiger partial charge is 0.0887 e. The second kappa shape index (κ2) is 14.1. The highest BCUT2D eigenvalue weighted by molar-refractivity contribution is 5.80.